The molecule has 0 fully saturated rings. The summed E-state index contributed by atoms with van der Waals surface area (Å²) in [5.41, 5.74) is 2.49. The number of carbonyl (C=O) groups is 2. The minimum absolute atomic E-state index is 0.0535. The van der Waals surface area contributed by atoms with E-state index < -0.39 is 0 Å². The van der Waals surface area contributed by atoms with E-state index >= 15 is 0 Å². The van der Waals surface area contributed by atoms with Crippen LogP contribution < -0.4 is 10.6 Å². The monoisotopic (exact) mass is 390 g/mol. The number of rotatable bonds is 6. The summed E-state index contributed by atoms with van der Waals surface area (Å²) in [5, 5.41) is 5.74. The predicted molar refractivity (Wildman–Crippen MR) is 114 cm³/mol. The quantitative estimate of drug-likeness (QED) is 0.596. The highest BCUT2D eigenvalue weighted by molar-refractivity contribution is 6.09. The van der Waals surface area contributed by atoms with Gasteiger partial charge in [-0.25, -0.2) is 4.98 Å². The molecule has 2 amide bonds. The number of benzene rings is 2. The Morgan fingerprint density at radius 1 is 1.03 bits per heavy atom. The summed E-state index contributed by atoms with van der Waals surface area (Å²) < 4.78 is 0. The van der Waals surface area contributed by atoms with Crippen molar-refractivity contribution >= 4 is 17.5 Å². The van der Waals surface area contributed by atoms with E-state index in [4.69, 9.17) is 0 Å². The number of para-hydroxylation sites is 1. The molecule has 2 aromatic carbocycles. The summed E-state index contributed by atoms with van der Waals surface area (Å²) >= 11 is 0. The summed E-state index contributed by atoms with van der Waals surface area (Å²) in [5.74, 6) is 0.327. The Morgan fingerprint density at radius 2 is 1.83 bits per heavy atom. The molecule has 6 heteroatoms. The molecule has 1 heterocycles. The normalized spacial score (nSPS) is 11.1. The smallest absolute Gasteiger partial charge is 0.255 e. The molecule has 150 valence electrons. The molecule has 0 unspecified atom stereocenters. The van der Waals surface area contributed by atoms with Gasteiger partial charge < -0.3 is 15.6 Å². The van der Waals surface area contributed by atoms with Crippen LogP contribution in [0.4, 0.5) is 5.69 Å². The number of H-pyrrole nitrogens is 1. The molecule has 0 saturated heterocycles. The lowest BCUT2D eigenvalue weighted by molar-refractivity contribution is 0.0955. The first-order valence-corrected chi connectivity index (χ1v) is 9.62. The third-order valence-corrected chi connectivity index (χ3v) is 4.61. The average molecular weight is 390 g/mol. The van der Waals surface area contributed by atoms with Crippen LogP contribution in [0.3, 0.4) is 0 Å². The molecule has 0 aliphatic heterocycles. The first kappa shape index (κ1) is 20.3. The van der Waals surface area contributed by atoms with E-state index in [1.807, 2.05) is 18.2 Å². The molecular weight excluding hydrogens is 364 g/mol. The van der Waals surface area contributed by atoms with Crippen molar-refractivity contribution in [3.8, 4) is 0 Å². The number of nitrogens with one attached hydrogen (secondary N) is 3. The number of hydrogen-bond donors (Lipinski definition) is 3. The molecule has 0 radical (unpaired) electrons. The van der Waals surface area contributed by atoms with Crippen LogP contribution in [0.15, 0.2) is 60.9 Å². The summed E-state index contributed by atoms with van der Waals surface area (Å²) in [4.78, 5) is 32.5. The van der Waals surface area contributed by atoms with Crippen LogP contribution in [-0.2, 0) is 11.8 Å². The van der Waals surface area contributed by atoms with Crippen molar-refractivity contribution in [3.05, 3.63) is 83.4 Å². The van der Waals surface area contributed by atoms with Gasteiger partial charge in [0.05, 0.1) is 11.3 Å². The van der Waals surface area contributed by atoms with Crippen molar-refractivity contribution in [2.24, 2.45) is 0 Å². The first-order chi connectivity index (χ1) is 13.8. The number of aromatic amines is 1. The molecule has 3 N–H and O–H groups in total. The lowest BCUT2D eigenvalue weighted by atomic mass is 9.86. The summed E-state index contributed by atoms with van der Waals surface area (Å²) in [6.07, 6.45) is 4.03. The molecule has 0 atom stereocenters. The van der Waals surface area contributed by atoms with Crippen LogP contribution in [0.2, 0.25) is 0 Å². The summed E-state index contributed by atoms with van der Waals surface area (Å²) in [6, 6.07) is 14.5. The standard InChI is InChI=1S/C23H26N4O2/c1-23(2,3)17-8-6-7-16(15-17)21(28)27-19-10-5-4-9-18(19)22(29)26-12-11-20-24-13-14-25-20/h4-10,13-15H,11-12H2,1-3H3,(H,24,25)(H,26,29)(H,27,28). The van der Waals surface area contributed by atoms with Gasteiger partial charge in [0.25, 0.3) is 11.8 Å². The molecule has 3 rings (SSSR count). The van der Waals surface area contributed by atoms with Crippen molar-refractivity contribution in [3.63, 3.8) is 0 Å². The SMILES string of the molecule is CC(C)(C)c1cccc(C(=O)Nc2ccccc2C(=O)NCCc2ncc[nH]2)c1. The van der Waals surface area contributed by atoms with Crippen LogP contribution in [-0.4, -0.2) is 28.3 Å². The van der Waals surface area contributed by atoms with Crippen LogP contribution in [0.5, 0.6) is 0 Å². The number of carbonyl (C=O) groups excluding carboxylic acids is 2. The lowest BCUT2D eigenvalue weighted by Crippen LogP contribution is -2.27. The molecule has 3 aromatic rings. The predicted octanol–water partition coefficient (Wildman–Crippen LogP) is 3.93. The summed E-state index contributed by atoms with van der Waals surface area (Å²) in [6.45, 7) is 6.76. The maximum absolute atomic E-state index is 12.8. The number of hydrogen-bond acceptors (Lipinski definition) is 3. The van der Waals surface area contributed by atoms with Crippen LogP contribution >= 0.6 is 0 Å². The van der Waals surface area contributed by atoms with E-state index in [0.717, 1.165) is 11.4 Å². The Hall–Kier alpha value is -3.41. The second-order valence-corrected chi connectivity index (χ2v) is 7.87. The second kappa shape index (κ2) is 8.73. The fraction of sp³-hybridized carbons (Fsp3) is 0.261. The van der Waals surface area contributed by atoms with Crippen molar-refractivity contribution in [2.45, 2.75) is 32.6 Å². The maximum atomic E-state index is 12.8. The van der Waals surface area contributed by atoms with Crippen LogP contribution in [0.25, 0.3) is 0 Å². The van der Waals surface area contributed by atoms with Crippen LogP contribution in [0, 0.1) is 0 Å². The van der Waals surface area contributed by atoms with E-state index in [-0.39, 0.29) is 17.2 Å². The largest absolute Gasteiger partial charge is 0.352 e. The van der Waals surface area contributed by atoms with Crippen molar-refractivity contribution in [2.75, 3.05) is 11.9 Å². The van der Waals surface area contributed by atoms with Gasteiger partial charge in [0.15, 0.2) is 0 Å². The van der Waals surface area contributed by atoms with E-state index in [1.165, 1.54) is 0 Å². The zero-order chi connectivity index (χ0) is 20.9. The van der Waals surface area contributed by atoms with Gasteiger partial charge in [-0.05, 0) is 35.2 Å². The fourth-order valence-corrected chi connectivity index (χ4v) is 2.94. The zero-order valence-corrected chi connectivity index (χ0v) is 17.0. The number of anilines is 1. The molecule has 1 aromatic heterocycles. The molecule has 0 bridgehead atoms. The van der Waals surface area contributed by atoms with Gasteiger partial charge in [-0.2, -0.15) is 0 Å². The van der Waals surface area contributed by atoms with Crippen LogP contribution in [0.1, 0.15) is 52.9 Å². The molecular formula is C23H26N4O2. The molecule has 29 heavy (non-hydrogen) atoms. The van der Waals surface area contributed by atoms with Gasteiger partial charge in [-0.3, -0.25) is 9.59 Å². The highest BCUT2D eigenvalue weighted by Gasteiger charge is 2.17. The topological polar surface area (TPSA) is 86.9 Å². The third-order valence-electron chi connectivity index (χ3n) is 4.61. The molecule has 0 aliphatic carbocycles. The van der Waals surface area contributed by atoms with Gasteiger partial charge in [0.1, 0.15) is 5.82 Å². The highest BCUT2D eigenvalue weighted by Crippen LogP contribution is 2.23. The minimum Gasteiger partial charge on any atom is -0.352 e. The van der Waals surface area contributed by atoms with Gasteiger partial charge in [-0.1, -0.05) is 45.0 Å². The van der Waals surface area contributed by atoms with E-state index in [2.05, 4.69) is 41.4 Å². The van der Waals surface area contributed by atoms with Crippen molar-refractivity contribution in [1.82, 2.24) is 15.3 Å². The van der Waals surface area contributed by atoms with Crippen molar-refractivity contribution < 1.29 is 9.59 Å². The Bertz CT molecular complexity index is 988. The Balaban J connectivity index is 1.70. The number of nitrogens with zero attached hydrogens (tertiary/aromatic N) is 1. The summed E-state index contributed by atoms with van der Waals surface area (Å²) in [7, 11) is 0. The van der Waals surface area contributed by atoms with E-state index in [9.17, 15) is 9.59 Å². The van der Waals surface area contributed by atoms with Gasteiger partial charge in [-0.15, -0.1) is 0 Å². The first-order valence-electron chi connectivity index (χ1n) is 9.62. The number of imidazole rings is 1. The Labute approximate surface area is 170 Å². The Kier molecular flexibility index (Phi) is 6.12. The van der Waals surface area contributed by atoms with Crippen molar-refractivity contribution in [1.29, 1.82) is 0 Å². The van der Waals surface area contributed by atoms with Gasteiger partial charge in [0.2, 0.25) is 0 Å². The minimum atomic E-state index is -0.244. The van der Waals surface area contributed by atoms with E-state index in [0.29, 0.717) is 29.8 Å². The maximum Gasteiger partial charge on any atom is 0.255 e. The van der Waals surface area contributed by atoms with E-state index in [1.54, 1.807) is 42.7 Å². The fourth-order valence-electron chi connectivity index (χ4n) is 2.94. The Morgan fingerprint density at radius 3 is 2.55 bits per heavy atom. The number of aromatic nitrogens is 2. The highest BCUT2D eigenvalue weighted by atomic mass is 16.2. The number of amides is 2. The molecule has 0 aliphatic rings. The molecule has 0 saturated carbocycles. The zero-order valence-electron chi connectivity index (χ0n) is 17.0. The third kappa shape index (κ3) is 5.31. The lowest BCUT2D eigenvalue weighted by Gasteiger charge is -2.19. The van der Waals surface area contributed by atoms with Gasteiger partial charge >= 0.3 is 0 Å². The van der Waals surface area contributed by atoms with Gasteiger partial charge in [0, 0.05) is 30.9 Å². The average Bonchev–Trinajstić information content (AvgIpc) is 3.21. The molecule has 6 nitrogen and oxygen atoms in total. The molecule has 0 spiro atoms. The second-order valence-electron chi connectivity index (χ2n) is 7.87.